The van der Waals surface area contributed by atoms with E-state index in [-0.39, 0.29) is 17.3 Å². The number of carbonyl (C=O) groups is 1. The van der Waals surface area contributed by atoms with Crippen molar-refractivity contribution in [3.63, 3.8) is 0 Å². The van der Waals surface area contributed by atoms with E-state index in [4.69, 9.17) is 9.47 Å². The molecule has 0 spiro atoms. The Bertz CT molecular complexity index is 704. The molecule has 1 amide bonds. The molecule has 0 atom stereocenters. The molecule has 146 valence electrons. The molecule has 8 heteroatoms. The molecule has 0 aromatic heterocycles. The molecule has 0 unspecified atom stereocenters. The first-order valence-corrected chi connectivity index (χ1v) is 10.5. The Morgan fingerprint density at radius 3 is 2.58 bits per heavy atom. The van der Waals surface area contributed by atoms with Gasteiger partial charge in [-0.1, -0.05) is 13.8 Å². The molecular weight excluding hydrogens is 356 g/mol. The lowest BCUT2D eigenvalue weighted by molar-refractivity contribution is -0.121. The molecule has 1 aromatic carbocycles. The van der Waals surface area contributed by atoms with E-state index in [1.165, 1.54) is 12.1 Å². The second-order valence-electron chi connectivity index (χ2n) is 6.69. The molecule has 1 aromatic rings. The van der Waals surface area contributed by atoms with Gasteiger partial charge in [0.1, 0.15) is 13.2 Å². The van der Waals surface area contributed by atoms with Gasteiger partial charge in [0.05, 0.1) is 4.90 Å². The minimum absolute atomic E-state index is 0.0488. The highest BCUT2D eigenvalue weighted by Crippen LogP contribution is 2.32. The van der Waals surface area contributed by atoms with Gasteiger partial charge in [0.2, 0.25) is 15.9 Å². The van der Waals surface area contributed by atoms with Crippen molar-refractivity contribution in [2.75, 3.05) is 26.3 Å². The molecule has 1 heterocycles. The fraction of sp³-hybridized carbons (Fsp3) is 0.611. The van der Waals surface area contributed by atoms with E-state index in [1.54, 1.807) is 6.07 Å². The molecule has 26 heavy (non-hydrogen) atoms. The Kier molecular flexibility index (Phi) is 7.71. The number of benzene rings is 1. The lowest BCUT2D eigenvalue weighted by Gasteiger charge is -2.18. The van der Waals surface area contributed by atoms with Gasteiger partial charge in [-0.3, -0.25) is 4.79 Å². The van der Waals surface area contributed by atoms with Crippen LogP contribution in [-0.4, -0.2) is 40.6 Å². The van der Waals surface area contributed by atoms with Crippen LogP contribution in [0.25, 0.3) is 0 Å². The monoisotopic (exact) mass is 384 g/mol. The number of sulfonamides is 1. The van der Waals surface area contributed by atoms with Gasteiger partial charge in [-0.15, -0.1) is 0 Å². The summed E-state index contributed by atoms with van der Waals surface area (Å²) >= 11 is 0. The van der Waals surface area contributed by atoms with Gasteiger partial charge in [0.15, 0.2) is 11.5 Å². The first kappa shape index (κ1) is 20.5. The summed E-state index contributed by atoms with van der Waals surface area (Å²) < 4.78 is 38.0. The summed E-state index contributed by atoms with van der Waals surface area (Å²) in [6.45, 7) is 6.02. The molecule has 0 saturated heterocycles. The van der Waals surface area contributed by atoms with Gasteiger partial charge >= 0.3 is 0 Å². The maximum atomic E-state index is 12.3. The van der Waals surface area contributed by atoms with Crippen LogP contribution in [0.4, 0.5) is 0 Å². The zero-order valence-electron chi connectivity index (χ0n) is 15.4. The number of fused-ring (bicyclic) bond motifs is 1. The maximum absolute atomic E-state index is 12.3. The fourth-order valence-corrected chi connectivity index (χ4v) is 3.65. The summed E-state index contributed by atoms with van der Waals surface area (Å²) in [7, 11) is -3.64. The number of ether oxygens (including phenoxy) is 2. The van der Waals surface area contributed by atoms with Gasteiger partial charge in [0, 0.05) is 25.6 Å². The second-order valence-corrected chi connectivity index (χ2v) is 8.46. The molecule has 2 N–H and O–H groups in total. The quantitative estimate of drug-likeness (QED) is 0.602. The zero-order valence-corrected chi connectivity index (χ0v) is 16.2. The number of nitrogens with one attached hydrogen (secondary N) is 2. The number of amides is 1. The van der Waals surface area contributed by atoms with Crippen LogP contribution in [0.15, 0.2) is 23.1 Å². The van der Waals surface area contributed by atoms with Gasteiger partial charge in [-0.25, -0.2) is 13.1 Å². The third kappa shape index (κ3) is 6.49. The number of hydrogen-bond donors (Lipinski definition) is 2. The van der Waals surface area contributed by atoms with E-state index < -0.39 is 10.0 Å². The lowest BCUT2D eigenvalue weighted by atomic mass is 10.1. The van der Waals surface area contributed by atoms with Crippen molar-refractivity contribution in [3.8, 4) is 11.5 Å². The topological polar surface area (TPSA) is 93.7 Å². The molecule has 2 rings (SSSR count). The highest BCUT2D eigenvalue weighted by molar-refractivity contribution is 7.89. The van der Waals surface area contributed by atoms with Crippen LogP contribution in [-0.2, 0) is 14.8 Å². The van der Waals surface area contributed by atoms with Crippen molar-refractivity contribution in [2.24, 2.45) is 5.92 Å². The lowest BCUT2D eigenvalue weighted by Crippen LogP contribution is -2.28. The summed E-state index contributed by atoms with van der Waals surface area (Å²) in [5, 5.41) is 2.85. The zero-order chi connectivity index (χ0) is 19.0. The van der Waals surface area contributed by atoms with Crippen molar-refractivity contribution < 1.29 is 22.7 Å². The Morgan fingerprint density at radius 2 is 1.85 bits per heavy atom. The Hall–Kier alpha value is -1.80. The Morgan fingerprint density at radius 1 is 1.12 bits per heavy atom. The number of hydrogen-bond acceptors (Lipinski definition) is 5. The largest absolute Gasteiger partial charge is 0.486 e. The van der Waals surface area contributed by atoms with E-state index in [0.29, 0.717) is 50.0 Å². The van der Waals surface area contributed by atoms with Crippen LogP contribution >= 0.6 is 0 Å². The molecule has 0 aliphatic carbocycles. The highest BCUT2D eigenvalue weighted by Gasteiger charge is 2.19. The van der Waals surface area contributed by atoms with E-state index in [9.17, 15) is 13.2 Å². The standard InChI is InChI=1S/C18H28N2O5S/c1-14(2)5-3-9-19-18(21)6-4-10-20-26(22,23)15-7-8-16-17(13-15)25-12-11-24-16/h7-8,13-14,20H,3-6,9-12H2,1-2H3,(H,19,21). The molecule has 0 saturated carbocycles. The predicted octanol–water partition coefficient (Wildman–Crippen LogP) is 2.07. The third-order valence-electron chi connectivity index (χ3n) is 3.98. The SMILES string of the molecule is CC(C)CCCNC(=O)CCCNS(=O)(=O)c1ccc2c(c1)OCCO2. The van der Waals surface area contributed by atoms with Crippen molar-refractivity contribution >= 4 is 15.9 Å². The summed E-state index contributed by atoms with van der Waals surface area (Å²) in [6.07, 6.45) is 2.78. The first-order chi connectivity index (χ1) is 12.4. The summed E-state index contributed by atoms with van der Waals surface area (Å²) in [5.41, 5.74) is 0. The van der Waals surface area contributed by atoms with Crippen LogP contribution in [0.2, 0.25) is 0 Å². The van der Waals surface area contributed by atoms with Gasteiger partial charge < -0.3 is 14.8 Å². The smallest absolute Gasteiger partial charge is 0.240 e. The number of carbonyl (C=O) groups excluding carboxylic acids is 1. The van der Waals surface area contributed by atoms with E-state index in [0.717, 1.165) is 12.8 Å². The van der Waals surface area contributed by atoms with E-state index in [2.05, 4.69) is 23.9 Å². The highest BCUT2D eigenvalue weighted by atomic mass is 32.2. The van der Waals surface area contributed by atoms with Crippen LogP contribution in [0, 0.1) is 5.92 Å². The number of rotatable bonds is 10. The summed E-state index contributed by atoms with van der Waals surface area (Å²) in [5.74, 6) is 1.55. The van der Waals surface area contributed by atoms with Crippen LogP contribution in [0.1, 0.15) is 39.5 Å². The normalized spacial score (nSPS) is 13.7. The third-order valence-corrected chi connectivity index (χ3v) is 5.44. The molecular formula is C18H28N2O5S. The molecule has 7 nitrogen and oxygen atoms in total. The predicted molar refractivity (Wildman–Crippen MR) is 98.9 cm³/mol. The van der Waals surface area contributed by atoms with Crippen LogP contribution in [0.5, 0.6) is 11.5 Å². The maximum Gasteiger partial charge on any atom is 0.240 e. The molecule has 0 radical (unpaired) electrons. The van der Waals surface area contributed by atoms with Gasteiger partial charge in [-0.2, -0.15) is 0 Å². The summed E-state index contributed by atoms with van der Waals surface area (Å²) in [4.78, 5) is 11.8. The Labute approximate surface area is 155 Å². The molecule has 1 aliphatic heterocycles. The van der Waals surface area contributed by atoms with E-state index >= 15 is 0 Å². The van der Waals surface area contributed by atoms with Crippen molar-refractivity contribution in [3.05, 3.63) is 18.2 Å². The minimum atomic E-state index is -3.64. The van der Waals surface area contributed by atoms with Crippen molar-refractivity contribution in [1.82, 2.24) is 10.0 Å². The Balaban J connectivity index is 1.72. The van der Waals surface area contributed by atoms with E-state index in [1.807, 2.05) is 0 Å². The fourth-order valence-electron chi connectivity index (χ4n) is 2.56. The van der Waals surface area contributed by atoms with Crippen LogP contribution < -0.4 is 19.5 Å². The average molecular weight is 384 g/mol. The molecule has 1 aliphatic rings. The average Bonchev–Trinajstić information content (AvgIpc) is 2.62. The van der Waals surface area contributed by atoms with Gasteiger partial charge in [0.25, 0.3) is 0 Å². The van der Waals surface area contributed by atoms with Crippen LogP contribution in [0.3, 0.4) is 0 Å². The molecule has 0 fully saturated rings. The summed E-state index contributed by atoms with van der Waals surface area (Å²) in [6, 6.07) is 4.53. The van der Waals surface area contributed by atoms with Crippen molar-refractivity contribution in [2.45, 2.75) is 44.4 Å². The molecule has 0 bridgehead atoms. The minimum Gasteiger partial charge on any atom is -0.486 e. The first-order valence-electron chi connectivity index (χ1n) is 9.04. The second kappa shape index (κ2) is 9.78. The van der Waals surface area contributed by atoms with Gasteiger partial charge in [-0.05, 0) is 37.3 Å². The van der Waals surface area contributed by atoms with Crippen molar-refractivity contribution in [1.29, 1.82) is 0 Å².